The molecule has 7 nitrogen and oxygen atoms in total. The molecule has 0 aromatic carbocycles. The van der Waals surface area contributed by atoms with Crippen LogP contribution in [0.25, 0.3) is 23.1 Å². The van der Waals surface area contributed by atoms with Gasteiger partial charge in [0.05, 0.1) is 6.33 Å². The standard InChI is InChI=1S/C14H16N6O/c1-2-10-4-3-6-16-12(10)13-18-14(21-19-13)11-8-20(7-5-15)9-17-11/h3-4,6,8-9H,2,5,7,15H2,1H3. The first-order valence-corrected chi connectivity index (χ1v) is 6.82. The van der Waals surface area contributed by atoms with Gasteiger partial charge >= 0.3 is 0 Å². The van der Waals surface area contributed by atoms with Crippen molar-refractivity contribution in [1.29, 1.82) is 0 Å². The van der Waals surface area contributed by atoms with Crippen LogP contribution in [0.15, 0.2) is 35.4 Å². The summed E-state index contributed by atoms with van der Waals surface area (Å²) in [6.07, 6.45) is 6.12. The van der Waals surface area contributed by atoms with E-state index in [9.17, 15) is 0 Å². The summed E-state index contributed by atoms with van der Waals surface area (Å²) in [5, 5.41) is 4.00. The average molecular weight is 284 g/mol. The van der Waals surface area contributed by atoms with Crippen molar-refractivity contribution in [3.63, 3.8) is 0 Å². The largest absolute Gasteiger partial charge is 0.335 e. The maximum atomic E-state index is 5.51. The highest BCUT2D eigenvalue weighted by Crippen LogP contribution is 2.22. The summed E-state index contributed by atoms with van der Waals surface area (Å²) >= 11 is 0. The molecule has 0 unspecified atom stereocenters. The molecular formula is C14H16N6O. The molecule has 7 heteroatoms. The molecule has 0 saturated heterocycles. The molecule has 0 aliphatic heterocycles. The van der Waals surface area contributed by atoms with Gasteiger partial charge in [-0.05, 0) is 18.1 Å². The zero-order valence-electron chi connectivity index (χ0n) is 11.7. The van der Waals surface area contributed by atoms with Gasteiger partial charge in [-0.3, -0.25) is 4.98 Å². The number of nitrogens with zero attached hydrogens (tertiary/aromatic N) is 5. The van der Waals surface area contributed by atoms with Crippen molar-refractivity contribution >= 4 is 0 Å². The fourth-order valence-electron chi connectivity index (χ4n) is 2.09. The van der Waals surface area contributed by atoms with Crippen molar-refractivity contribution in [3.8, 4) is 23.1 Å². The first kappa shape index (κ1) is 13.4. The molecule has 0 saturated carbocycles. The molecule has 0 spiro atoms. The Hall–Kier alpha value is -2.54. The van der Waals surface area contributed by atoms with E-state index in [2.05, 4.69) is 27.0 Å². The van der Waals surface area contributed by atoms with Gasteiger partial charge in [0.1, 0.15) is 11.4 Å². The maximum Gasteiger partial charge on any atom is 0.278 e. The van der Waals surface area contributed by atoms with E-state index in [1.165, 1.54) is 0 Å². The Labute approximate surface area is 121 Å². The van der Waals surface area contributed by atoms with Crippen molar-refractivity contribution in [2.45, 2.75) is 19.9 Å². The molecule has 0 atom stereocenters. The SMILES string of the molecule is CCc1cccnc1-c1noc(-c2cn(CCN)cn2)n1. The minimum Gasteiger partial charge on any atom is -0.335 e. The summed E-state index contributed by atoms with van der Waals surface area (Å²) < 4.78 is 7.17. The van der Waals surface area contributed by atoms with Gasteiger partial charge in [0, 0.05) is 25.5 Å². The molecular weight excluding hydrogens is 268 g/mol. The van der Waals surface area contributed by atoms with Crippen molar-refractivity contribution < 1.29 is 4.52 Å². The summed E-state index contributed by atoms with van der Waals surface area (Å²) in [7, 11) is 0. The highest BCUT2D eigenvalue weighted by Gasteiger charge is 2.15. The number of hydrogen-bond acceptors (Lipinski definition) is 6. The van der Waals surface area contributed by atoms with Crippen molar-refractivity contribution in [2.24, 2.45) is 5.73 Å². The molecule has 2 N–H and O–H groups in total. The zero-order valence-corrected chi connectivity index (χ0v) is 11.7. The summed E-state index contributed by atoms with van der Waals surface area (Å²) in [5.74, 6) is 0.865. The topological polar surface area (TPSA) is 95.7 Å². The number of pyridine rings is 1. The Kier molecular flexibility index (Phi) is 3.74. The average Bonchev–Trinajstić information content (AvgIpc) is 3.16. The lowest BCUT2D eigenvalue weighted by molar-refractivity contribution is 0.431. The van der Waals surface area contributed by atoms with Crippen LogP contribution >= 0.6 is 0 Å². The summed E-state index contributed by atoms with van der Waals surface area (Å²) in [6.45, 7) is 3.32. The van der Waals surface area contributed by atoms with E-state index in [0.717, 1.165) is 17.7 Å². The van der Waals surface area contributed by atoms with Gasteiger partial charge in [0.2, 0.25) is 5.82 Å². The van der Waals surface area contributed by atoms with Crippen LogP contribution in [-0.4, -0.2) is 31.2 Å². The van der Waals surface area contributed by atoms with E-state index in [0.29, 0.717) is 30.5 Å². The van der Waals surface area contributed by atoms with Crippen molar-refractivity contribution in [1.82, 2.24) is 24.7 Å². The molecule has 108 valence electrons. The maximum absolute atomic E-state index is 5.51. The third-order valence-electron chi connectivity index (χ3n) is 3.15. The van der Waals surface area contributed by atoms with Crippen LogP contribution in [0.1, 0.15) is 12.5 Å². The number of nitrogens with two attached hydrogens (primary N) is 1. The lowest BCUT2D eigenvalue weighted by atomic mass is 10.1. The molecule has 0 aliphatic rings. The number of rotatable bonds is 5. The highest BCUT2D eigenvalue weighted by atomic mass is 16.5. The van der Waals surface area contributed by atoms with Crippen LogP contribution < -0.4 is 5.73 Å². The lowest BCUT2D eigenvalue weighted by Crippen LogP contribution is -2.07. The van der Waals surface area contributed by atoms with Gasteiger partial charge < -0.3 is 14.8 Å². The van der Waals surface area contributed by atoms with Gasteiger partial charge in [0.15, 0.2) is 0 Å². The summed E-state index contributed by atoms with van der Waals surface area (Å²) in [6, 6.07) is 3.91. The van der Waals surface area contributed by atoms with Gasteiger partial charge in [-0.2, -0.15) is 4.98 Å². The molecule has 21 heavy (non-hydrogen) atoms. The molecule has 3 aromatic heterocycles. The molecule has 0 aliphatic carbocycles. The molecule has 3 aromatic rings. The second-order valence-corrected chi connectivity index (χ2v) is 4.57. The quantitative estimate of drug-likeness (QED) is 0.763. The van der Waals surface area contributed by atoms with Crippen LogP contribution in [0.2, 0.25) is 0 Å². The fourth-order valence-corrected chi connectivity index (χ4v) is 2.09. The Morgan fingerprint density at radius 1 is 1.33 bits per heavy atom. The minimum absolute atomic E-state index is 0.383. The Morgan fingerprint density at radius 3 is 3.05 bits per heavy atom. The molecule has 0 amide bonds. The van der Waals surface area contributed by atoms with Crippen LogP contribution in [0, 0.1) is 0 Å². The summed E-state index contributed by atoms with van der Waals surface area (Å²) in [4.78, 5) is 13.0. The fraction of sp³-hybridized carbons (Fsp3) is 0.286. The molecule has 0 radical (unpaired) electrons. The predicted octanol–water partition coefficient (Wildman–Crippen LogP) is 1.52. The third-order valence-corrected chi connectivity index (χ3v) is 3.15. The van der Waals surface area contributed by atoms with E-state index in [4.69, 9.17) is 10.3 Å². The number of aromatic nitrogens is 5. The predicted molar refractivity (Wildman–Crippen MR) is 77.2 cm³/mol. The van der Waals surface area contributed by atoms with E-state index in [1.54, 1.807) is 12.5 Å². The Bertz CT molecular complexity index is 732. The monoisotopic (exact) mass is 284 g/mol. The molecule has 3 heterocycles. The van der Waals surface area contributed by atoms with Gasteiger partial charge in [0.25, 0.3) is 5.89 Å². The van der Waals surface area contributed by atoms with Crippen LogP contribution in [-0.2, 0) is 13.0 Å². The normalized spacial score (nSPS) is 11.0. The van der Waals surface area contributed by atoms with Crippen molar-refractivity contribution in [3.05, 3.63) is 36.4 Å². The second kappa shape index (κ2) is 5.84. The second-order valence-electron chi connectivity index (χ2n) is 4.57. The van der Waals surface area contributed by atoms with E-state index in [-0.39, 0.29) is 0 Å². The van der Waals surface area contributed by atoms with Crippen LogP contribution in [0.4, 0.5) is 0 Å². The molecule has 0 bridgehead atoms. The first-order chi connectivity index (χ1) is 10.3. The number of aryl methyl sites for hydroxylation is 1. The van der Waals surface area contributed by atoms with Gasteiger partial charge in [-0.15, -0.1) is 0 Å². The molecule has 0 fully saturated rings. The van der Waals surface area contributed by atoms with E-state index >= 15 is 0 Å². The zero-order chi connectivity index (χ0) is 14.7. The van der Waals surface area contributed by atoms with Gasteiger partial charge in [-0.1, -0.05) is 18.1 Å². The Balaban J connectivity index is 1.92. The van der Waals surface area contributed by atoms with Crippen LogP contribution in [0.5, 0.6) is 0 Å². The Morgan fingerprint density at radius 2 is 2.24 bits per heavy atom. The lowest BCUT2D eigenvalue weighted by Gasteiger charge is -2.00. The first-order valence-electron chi connectivity index (χ1n) is 6.82. The van der Waals surface area contributed by atoms with Gasteiger partial charge in [-0.25, -0.2) is 4.98 Å². The third kappa shape index (κ3) is 2.68. The smallest absolute Gasteiger partial charge is 0.278 e. The minimum atomic E-state index is 0.383. The van der Waals surface area contributed by atoms with Crippen LogP contribution in [0.3, 0.4) is 0 Å². The van der Waals surface area contributed by atoms with E-state index in [1.807, 2.05) is 22.9 Å². The summed E-state index contributed by atoms with van der Waals surface area (Å²) in [5.41, 5.74) is 7.98. The number of imidazole rings is 1. The van der Waals surface area contributed by atoms with Crippen molar-refractivity contribution in [2.75, 3.05) is 6.54 Å². The highest BCUT2D eigenvalue weighted by molar-refractivity contribution is 5.57. The number of hydrogen-bond donors (Lipinski definition) is 1. The molecule has 3 rings (SSSR count). The van der Waals surface area contributed by atoms with E-state index < -0.39 is 0 Å².